The Morgan fingerprint density at radius 2 is 1.08 bits per heavy atom. The van der Waals surface area contributed by atoms with Crippen molar-refractivity contribution < 1.29 is 4.42 Å². The molecule has 0 fully saturated rings. The molecule has 2 heterocycles. The third-order valence-electron chi connectivity index (χ3n) is 11.3. The Balaban J connectivity index is 1.29. The molecule has 8 aromatic carbocycles. The summed E-state index contributed by atoms with van der Waals surface area (Å²) in [6, 6.07) is 66.2. The summed E-state index contributed by atoms with van der Waals surface area (Å²) in [5.41, 5.74) is 13.5. The SMILES string of the molecule is CC1(c2c(N(c3ccc(-c4ccccc4)cc3)c3cccc4sc5ccccc5c34)ccc3oc4ccccc4c23)c2ccccc2-c2ccccc21. The van der Waals surface area contributed by atoms with E-state index in [2.05, 4.69) is 194 Å². The highest BCUT2D eigenvalue weighted by Gasteiger charge is 2.44. The molecular formula is C50H33NOS. The van der Waals surface area contributed by atoms with Gasteiger partial charge in [0.1, 0.15) is 11.2 Å². The number of hydrogen-bond acceptors (Lipinski definition) is 3. The molecule has 3 heteroatoms. The summed E-state index contributed by atoms with van der Waals surface area (Å²) in [4.78, 5) is 2.52. The van der Waals surface area contributed by atoms with Crippen molar-refractivity contribution in [2.24, 2.45) is 0 Å². The molecule has 0 radical (unpaired) electrons. The van der Waals surface area contributed by atoms with E-state index in [1.54, 1.807) is 0 Å². The maximum atomic E-state index is 6.68. The van der Waals surface area contributed by atoms with Gasteiger partial charge in [0.15, 0.2) is 0 Å². The van der Waals surface area contributed by atoms with Crippen LogP contribution >= 0.6 is 11.3 Å². The molecule has 0 amide bonds. The summed E-state index contributed by atoms with van der Waals surface area (Å²) in [6.45, 7) is 2.43. The van der Waals surface area contributed by atoms with E-state index >= 15 is 0 Å². The second-order valence-corrected chi connectivity index (χ2v) is 15.2. The average molecular weight is 696 g/mol. The molecule has 0 N–H and O–H groups in total. The first-order valence-electron chi connectivity index (χ1n) is 18.2. The molecule has 250 valence electrons. The van der Waals surface area contributed by atoms with E-state index in [1.165, 1.54) is 59.1 Å². The van der Waals surface area contributed by atoms with Gasteiger partial charge in [0.25, 0.3) is 0 Å². The summed E-state index contributed by atoms with van der Waals surface area (Å²) in [5.74, 6) is 0. The van der Waals surface area contributed by atoms with Gasteiger partial charge in [0.2, 0.25) is 0 Å². The first-order valence-corrected chi connectivity index (χ1v) is 19.0. The molecule has 53 heavy (non-hydrogen) atoms. The van der Waals surface area contributed by atoms with Crippen LogP contribution < -0.4 is 4.90 Å². The fourth-order valence-electron chi connectivity index (χ4n) is 9.00. The van der Waals surface area contributed by atoms with E-state index < -0.39 is 5.41 Å². The number of anilines is 3. The highest BCUT2D eigenvalue weighted by Crippen LogP contribution is 2.58. The number of furan rings is 1. The Bertz CT molecular complexity index is 2980. The van der Waals surface area contributed by atoms with Gasteiger partial charge in [-0.3, -0.25) is 0 Å². The Labute approximate surface area is 311 Å². The van der Waals surface area contributed by atoms with E-state index in [0.717, 1.165) is 39.0 Å². The summed E-state index contributed by atoms with van der Waals surface area (Å²) >= 11 is 1.86. The number of fused-ring (bicyclic) bond motifs is 9. The summed E-state index contributed by atoms with van der Waals surface area (Å²) < 4.78 is 9.24. The number of hydrogen-bond donors (Lipinski definition) is 0. The van der Waals surface area contributed by atoms with Crippen LogP contribution in [-0.4, -0.2) is 0 Å². The molecule has 2 nitrogen and oxygen atoms in total. The third-order valence-corrected chi connectivity index (χ3v) is 12.5. The van der Waals surface area contributed by atoms with Crippen LogP contribution in [0.4, 0.5) is 17.1 Å². The van der Waals surface area contributed by atoms with Gasteiger partial charge >= 0.3 is 0 Å². The summed E-state index contributed by atoms with van der Waals surface area (Å²) in [6.07, 6.45) is 0. The fourth-order valence-corrected chi connectivity index (χ4v) is 10.1. The molecule has 0 saturated carbocycles. The Hall–Kier alpha value is -6.42. The van der Waals surface area contributed by atoms with Gasteiger partial charge in [0.05, 0.1) is 11.4 Å². The zero-order valence-electron chi connectivity index (χ0n) is 29.1. The topological polar surface area (TPSA) is 16.4 Å². The monoisotopic (exact) mass is 695 g/mol. The van der Waals surface area contributed by atoms with Crippen molar-refractivity contribution in [1.29, 1.82) is 0 Å². The van der Waals surface area contributed by atoms with Crippen molar-refractivity contribution in [3.05, 3.63) is 199 Å². The predicted molar refractivity (Wildman–Crippen MR) is 224 cm³/mol. The molecule has 0 bridgehead atoms. The molecule has 11 rings (SSSR count). The minimum atomic E-state index is -0.498. The zero-order chi connectivity index (χ0) is 35.1. The van der Waals surface area contributed by atoms with Crippen LogP contribution in [0.25, 0.3) is 64.4 Å². The molecule has 0 saturated heterocycles. The van der Waals surface area contributed by atoms with Crippen molar-refractivity contribution >= 4 is 70.5 Å². The van der Waals surface area contributed by atoms with Gasteiger partial charge in [0, 0.05) is 47.6 Å². The molecule has 0 aliphatic heterocycles. The maximum absolute atomic E-state index is 6.68. The molecule has 1 aliphatic rings. The molecule has 1 aliphatic carbocycles. The van der Waals surface area contributed by atoms with Crippen LogP contribution in [0, 0.1) is 0 Å². The minimum Gasteiger partial charge on any atom is -0.456 e. The number of thiophene rings is 1. The fraction of sp³-hybridized carbons (Fsp3) is 0.0400. The standard InChI is InChI=1S/C50H33NOS/c1-50(39-20-9-5-16-35(39)36-17-6-10-21-40(36)50)49-42(30-31-44-48(49)37-18-7-11-23-43(37)52-44)51(34-28-26-33(27-29-34)32-14-3-2-4-15-32)41-22-13-25-46-47(41)38-19-8-12-24-45(38)53-46/h2-31H,1H3. The number of para-hydroxylation sites is 1. The Morgan fingerprint density at radius 1 is 0.453 bits per heavy atom. The molecule has 2 aromatic heterocycles. The van der Waals surface area contributed by atoms with Crippen LogP contribution in [0.1, 0.15) is 23.6 Å². The first kappa shape index (κ1) is 30.2. The molecule has 0 spiro atoms. The lowest BCUT2D eigenvalue weighted by molar-refractivity contribution is 0.666. The quantitative estimate of drug-likeness (QED) is 0.178. The molecular weight excluding hydrogens is 663 g/mol. The smallest absolute Gasteiger partial charge is 0.135 e. The van der Waals surface area contributed by atoms with Crippen molar-refractivity contribution in [2.75, 3.05) is 4.90 Å². The number of rotatable bonds is 5. The Morgan fingerprint density at radius 3 is 1.85 bits per heavy atom. The molecule has 10 aromatic rings. The number of nitrogens with zero attached hydrogens (tertiary/aromatic N) is 1. The average Bonchev–Trinajstić information content (AvgIpc) is 3.88. The van der Waals surface area contributed by atoms with Gasteiger partial charge in [-0.25, -0.2) is 0 Å². The normalized spacial score (nSPS) is 13.2. The highest BCUT2D eigenvalue weighted by molar-refractivity contribution is 7.26. The summed E-state index contributed by atoms with van der Waals surface area (Å²) in [7, 11) is 0. The second kappa shape index (κ2) is 11.5. The second-order valence-electron chi connectivity index (χ2n) is 14.1. The first-order chi connectivity index (χ1) is 26.2. The van der Waals surface area contributed by atoms with Crippen molar-refractivity contribution in [3.8, 4) is 22.3 Å². The maximum Gasteiger partial charge on any atom is 0.135 e. The molecule has 0 unspecified atom stereocenters. The van der Waals surface area contributed by atoms with Gasteiger partial charge < -0.3 is 9.32 Å². The van der Waals surface area contributed by atoms with E-state index in [9.17, 15) is 0 Å². The van der Waals surface area contributed by atoms with Crippen LogP contribution in [-0.2, 0) is 5.41 Å². The van der Waals surface area contributed by atoms with Crippen LogP contribution in [0.5, 0.6) is 0 Å². The largest absolute Gasteiger partial charge is 0.456 e. The van der Waals surface area contributed by atoms with Crippen molar-refractivity contribution in [2.45, 2.75) is 12.3 Å². The highest BCUT2D eigenvalue weighted by atomic mass is 32.1. The minimum absolute atomic E-state index is 0.498. The van der Waals surface area contributed by atoms with Gasteiger partial charge in [-0.15, -0.1) is 11.3 Å². The van der Waals surface area contributed by atoms with Crippen LogP contribution in [0.2, 0.25) is 0 Å². The lowest BCUT2D eigenvalue weighted by atomic mass is 9.71. The van der Waals surface area contributed by atoms with Crippen molar-refractivity contribution in [3.63, 3.8) is 0 Å². The van der Waals surface area contributed by atoms with E-state index in [0.29, 0.717) is 0 Å². The van der Waals surface area contributed by atoms with E-state index in [4.69, 9.17) is 4.42 Å². The number of benzene rings is 8. The van der Waals surface area contributed by atoms with Gasteiger partial charge in [-0.1, -0.05) is 133 Å². The molecule has 0 atom stereocenters. The lowest BCUT2D eigenvalue weighted by Gasteiger charge is -2.36. The predicted octanol–water partition coefficient (Wildman–Crippen LogP) is 14.4. The Kier molecular flexibility index (Phi) is 6.58. The van der Waals surface area contributed by atoms with E-state index in [1.807, 2.05) is 11.3 Å². The zero-order valence-corrected chi connectivity index (χ0v) is 29.9. The van der Waals surface area contributed by atoms with Crippen LogP contribution in [0.3, 0.4) is 0 Å². The van der Waals surface area contributed by atoms with Crippen LogP contribution in [0.15, 0.2) is 186 Å². The lowest BCUT2D eigenvalue weighted by Crippen LogP contribution is -2.26. The van der Waals surface area contributed by atoms with Crippen molar-refractivity contribution in [1.82, 2.24) is 0 Å². The summed E-state index contributed by atoms with van der Waals surface area (Å²) in [5, 5.41) is 4.82. The van der Waals surface area contributed by atoms with Gasteiger partial charge in [-0.05, 0) is 88.8 Å². The van der Waals surface area contributed by atoms with E-state index in [-0.39, 0.29) is 0 Å². The third kappa shape index (κ3) is 4.38. The van der Waals surface area contributed by atoms with Gasteiger partial charge in [-0.2, -0.15) is 0 Å².